The lowest BCUT2D eigenvalue weighted by Gasteiger charge is -1.94. The number of rotatable bonds is 2. The van der Waals surface area contributed by atoms with Crippen LogP contribution in [0.15, 0.2) is 9.72 Å². The van der Waals surface area contributed by atoms with Gasteiger partial charge in [-0.05, 0) is 6.42 Å². The summed E-state index contributed by atoms with van der Waals surface area (Å²) >= 11 is 1.18. The Balaban J connectivity index is 3.24. The number of hydrogen-bond acceptors (Lipinski definition) is 4. The Morgan fingerprint density at radius 2 is 2.27 bits per heavy atom. The van der Waals surface area contributed by atoms with E-state index in [0.29, 0.717) is 16.3 Å². The summed E-state index contributed by atoms with van der Waals surface area (Å²) in [6.07, 6.45) is 1.88. The molecule has 0 aliphatic heterocycles. The molecule has 11 heavy (non-hydrogen) atoms. The summed E-state index contributed by atoms with van der Waals surface area (Å²) < 4.78 is 22.5. The van der Waals surface area contributed by atoms with E-state index in [1.807, 2.05) is 6.92 Å². The van der Waals surface area contributed by atoms with E-state index in [1.54, 1.807) is 5.51 Å². The van der Waals surface area contributed by atoms with Gasteiger partial charge >= 0.3 is 0 Å². The molecule has 0 saturated carbocycles. The second kappa shape index (κ2) is 2.91. The van der Waals surface area contributed by atoms with Crippen LogP contribution in [0.2, 0.25) is 0 Å². The highest BCUT2D eigenvalue weighted by molar-refractivity contribution is 7.92. The Morgan fingerprint density at radius 1 is 1.64 bits per heavy atom. The second-order valence-electron chi connectivity index (χ2n) is 2.21. The molecule has 0 aliphatic carbocycles. The number of nitrogens with zero attached hydrogens (tertiary/aromatic N) is 1. The average molecular weight is 191 g/mol. The SMILES string of the molecule is CCc1ncsc1S(C)(=O)=O. The first-order chi connectivity index (χ1) is 5.05. The normalized spacial score (nSPS) is 11.8. The summed E-state index contributed by atoms with van der Waals surface area (Å²) in [5, 5.41) is 0. The third kappa shape index (κ3) is 1.78. The number of hydrogen-bond donors (Lipinski definition) is 0. The Kier molecular flexibility index (Phi) is 2.29. The molecule has 0 bridgehead atoms. The molecule has 1 rings (SSSR count). The van der Waals surface area contributed by atoms with E-state index in [-0.39, 0.29) is 0 Å². The molecule has 0 aromatic carbocycles. The molecule has 0 saturated heterocycles. The van der Waals surface area contributed by atoms with Crippen molar-refractivity contribution in [1.82, 2.24) is 4.98 Å². The molecule has 0 aliphatic rings. The van der Waals surface area contributed by atoms with E-state index in [1.165, 1.54) is 17.6 Å². The van der Waals surface area contributed by atoms with Crippen LogP contribution in [0.4, 0.5) is 0 Å². The highest BCUT2D eigenvalue weighted by Gasteiger charge is 2.14. The van der Waals surface area contributed by atoms with E-state index in [9.17, 15) is 8.42 Å². The highest BCUT2D eigenvalue weighted by Crippen LogP contribution is 2.19. The molecule has 62 valence electrons. The van der Waals surface area contributed by atoms with Crippen LogP contribution < -0.4 is 0 Å². The third-order valence-corrected chi connectivity index (χ3v) is 4.04. The standard InChI is InChI=1S/C6H9NO2S2/c1-3-5-6(10-4-7-5)11(2,8)9/h4H,3H2,1-2H3. The molecule has 1 aromatic rings. The fraction of sp³-hybridized carbons (Fsp3) is 0.500. The van der Waals surface area contributed by atoms with Gasteiger partial charge in [0.05, 0.1) is 11.2 Å². The molecular weight excluding hydrogens is 182 g/mol. The van der Waals surface area contributed by atoms with E-state index in [4.69, 9.17) is 0 Å². The fourth-order valence-electron chi connectivity index (χ4n) is 0.796. The first kappa shape index (κ1) is 8.67. The summed E-state index contributed by atoms with van der Waals surface area (Å²) in [4.78, 5) is 3.94. The van der Waals surface area contributed by atoms with E-state index in [2.05, 4.69) is 4.98 Å². The molecule has 5 heteroatoms. The minimum Gasteiger partial charge on any atom is -0.248 e. The predicted octanol–water partition coefficient (Wildman–Crippen LogP) is 1.11. The average Bonchev–Trinajstić information content (AvgIpc) is 2.31. The molecule has 0 radical (unpaired) electrons. The van der Waals surface area contributed by atoms with Gasteiger partial charge in [-0.3, -0.25) is 0 Å². The van der Waals surface area contributed by atoms with Crippen LogP contribution in [0.25, 0.3) is 0 Å². The zero-order valence-electron chi connectivity index (χ0n) is 6.36. The van der Waals surface area contributed by atoms with Crippen LogP contribution in [0.5, 0.6) is 0 Å². The molecule has 0 unspecified atom stereocenters. The monoisotopic (exact) mass is 191 g/mol. The topological polar surface area (TPSA) is 47.0 Å². The van der Waals surface area contributed by atoms with Gasteiger partial charge in [0.1, 0.15) is 4.21 Å². The van der Waals surface area contributed by atoms with Gasteiger partial charge in [-0.1, -0.05) is 6.92 Å². The third-order valence-electron chi connectivity index (χ3n) is 1.28. The summed E-state index contributed by atoms with van der Waals surface area (Å²) in [5.74, 6) is 0. The maximum Gasteiger partial charge on any atom is 0.186 e. The number of sulfone groups is 1. The van der Waals surface area contributed by atoms with Crippen molar-refractivity contribution >= 4 is 21.2 Å². The van der Waals surface area contributed by atoms with Crippen molar-refractivity contribution in [2.45, 2.75) is 17.6 Å². The van der Waals surface area contributed by atoms with E-state index >= 15 is 0 Å². The predicted molar refractivity (Wildman–Crippen MR) is 44.6 cm³/mol. The Morgan fingerprint density at radius 3 is 2.64 bits per heavy atom. The summed E-state index contributed by atoms with van der Waals surface area (Å²) in [5.41, 5.74) is 2.24. The van der Waals surface area contributed by atoms with Gasteiger partial charge in [0.2, 0.25) is 0 Å². The lowest BCUT2D eigenvalue weighted by atomic mass is 10.4. The first-order valence-corrected chi connectivity index (χ1v) is 5.95. The van der Waals surface area contributed by atoms with Crippen LogP contribution in [-0.4, -0.2) is 19.7 Å². The Bertz CT molecular complexity index is 339. The molecule has 0 fully saturated rings. The van der Waals surface area contributed by atoms with Gasteiger partial charge in [-0.15, -0.1) is 11.3 Å². The Hall–Kier alpha value is -0.420. The van der Waals surface area contributed by atoms with E-state index < -0.39 is 9.84 Å². The number of aromatic nitrogens is 1. The minimum atomic E-state index is -3.05. The largest absolute Gasteiger partial charge is 0.248 e. The lowest BCUT2D eigenvalue weighted by molar-refractivity contribution is 0.602. The molecule has 1 aromatic heterocycles. The van der Waals surface area contributed by atoms with Crippen LogP contribution in [0, 0.1) is 0 Å². The minimum absolute atomic E-state index is 0.403. The van der Waals surface area contributed by atoms with Gasteiger partial charge in [-0.2, -0.15) is 0 Å². The number of aryl methyl sites for hydroxylation is 1. The van der Waals surface area contributed by atoms with Gasteiger partial charge in [-0.25, -0.2) is 13.4 Å². The van der Waals surface area contributed by atoms with Crippen LogP contribution in [0.1, 0.15) is 12.6 Å². The van der Waals surface area contributed by atoms with Crippen LogP contribution in [0.3, 0.4) is 0 Å². The van der Waals surface area contributed by atoms with Crippen molar-refractivity contribution in [2.75, 3.05) is 6.26 Å². The fourth-order valence-corrected chi connectivity index (χ4v) is 2.86. The Labute approximate surface area is 70.0 Å². The van der Waals surface area contributed by atoms with E-state index in [0.717, 1.165) is 0 Å². The molecule has 1 heterocycles. The molecular formula is C6H9NO2S2. The molecule has 0 N–H and O–H groups in total. The lowest BCUT2D eigenvalue weighted by Crippen LogP contribution is -1.97. The molecule has 0 spiro atoms. The van der Waals surface area contributed by atoms with Crippen molar-refractivity contribution in [3.63, 3.8) is 0 Å². The first-order valence-electron chi connectivity index (χ1n) is 3.18. The highest BCUT2D eigenvalue weighted by atomic mass is 32.2. The van der Waals surface area contributed by atoms with Crippen molar-refractivity contribution < 1.29 is 8.42 Å². The van der Waals surface area contributed by atoms with Gasteiger partial charge in [0.25, 0.3) is 0 Å². The zero-order valence-corrected chi connectivity index (χ0v) is 8.00. The molecule has 0 amide bonds. The number of thiazole rings is 1. The van der Waals surface area contributed by atoms with Crippen molar-refractivity contribution in [3.8, 4) is 0 Å². The van der Waals surface area contributed by atoms with Crippen molar-refractivity contribution in [1.29, 1.82) is 0 Å². The van der Waals surface area contributed by atoms with Crippen LogP contribution >= 0.6 is 11.3 Å². The van der Waals surface area contributed by atoms with Crippen molar-refractivity contribution in [3.05, 3.63) is 11.2 Å². The molecule has 0 atom stereocenters. The summed E-state index contributed by atoms with van der Waals surface area (Å²) in [6.45, 7) is 1.89. The van der Waals surface area contributed by atoms with Gasteiger partial charge < -0.3 is 0 Å². The second-order valence-corrected chi connectivity index (χ2v) is 5.28. The maximum atomic E-state index is 11.0. The summed E-state index contributed by atoms with van der Waals surface area (Å²) in [6, 6.07) is 0. The van der Waals surface area contributed by atoms with Crippen LogP contribution in [-0.2, 0) is 16.3 Å². The van der Waals surface area contributed by atoms with Crippen molar-refractivity contribution in [2.24, 2.45) is 0 Å². The summed E-state index contributed by atoms with van der Waals surface area (Å²) in [7, 11) is -3.05. The maximum absolute atomic E-state index is 11.0. The smallest absolute Gasteiger partial charge is 0.186 e. The van der Waals surface area contributed by atoms with Gasteiger partial charge in [0, 0.05) is 6.26 Å². The quantitative estimate of drug-likeness (QED) is 0.703. The molecule has 3 nitrogen and oxygen atoms in total. The zero-order chi connectivity index (χ0) is 8.48. The van der Waals surface area contributed by atoms with Gasteiger partial charge in [0.15, 0.2) is 9.84 Å².